The number of thioether (sulfide) groups is 1. The van der Waals surface area contributed by atoms with Gasteiger partial charge in [0.15, 0.2) is 0 Å². The summed E-state index contributed by atoms with van der Waals surface area (Å²) in [5, 5.41) is 0. The minimum atomic E-state index is 0.298. The summed E-state index contributed by atoms with van der Waals surface area (Å²) in [6.07, 6.45) is 1.05. The summed E-state index contributed by atoms with van der Waals surface area (Å²) in [6.45, 7) is 2.73. The van der Waals surface area contributed by atoms with Gasteiger partial charge in [-0.25, -0.2) is 0 Å². The molecule has 0 spiro atoms. The van der Waals surface area contributed by atoms with Gasteiger partial charge in [-0.15, -0.1) is 11.8 Å². The summed E-state index contributed by atoms with van der Waals surface area (Å²) in [5.41, 5.74) is 6.87. The third-order valence-electron chi connectivity index (χ3n) is 2.00. The van der Waals surface area contributed by atoms with Crippen molar-refractivity contribution in [3.63, 3.8) is 0 Å². The second-order valence-corrected chi connectivity index (χ2v) is 4.68. The highest BCUT2D eigenvalue weighted by Crippen LogP contribution is 2.07. The van der Waals surface area contributed by atoms with E-state index in [0.29, 0.717) is 12.6 Å². The number of ether oxygens (including phenoxy) is 1. The molecule has 0 aliphatic heterocycles. The van der Waals surface area contributed by atoms with Crippen LogP contribution >= 0.6 is 11.8 Å². The molecule has 1 aromatic carbocycles. The molecular formula is C12H19NOS. The summed E-state index contributed by atoms with van der Waals surface area (Å²) < 4.78 is 5.52. The van der Waals surface area contributed by atoms with Crippen LogP contribution in [0.2, 0.25) is 0 Å². The Kier molecular flexibility index (Phi) is 6.48. The molecule has 0 radical (unpaired) electrons. The Morgan fingerprint density at radius 1 is 1.33 bits per heavy atom. The van der Waals surface area contributed by atoms with E-state index in [2.05, 4.69) is 12.1 Å². The quantitative estimate of drug-likeness (QED) is 0.572. The fourth-order valence-electron chi connectivity index (χ4n) is 1.12. The molecule has 0 aromatic heterocycles. The van der Waals surface area contributed by atoms with Crippen LogP contribution in [0.1, 0.15) is 18.9 Å². The zero-order valence-electron chi connectivity index (χ0n) is 9.19. The third-order valence-corrected chi connectivity index (χ3v) is 2.85. The first-order valence-electron chi connectivity index (χ1n) is 5.24. The summed E-state index contributed by atoms with van der Waals surface area (Å²) >= 11 is 1.80. The van der Waals surface area contributed by atoms with Gasteiger partial charge in [0.25, 0.3) is 0 Å². The molecule has 0 fully saturated rings. The first kappa shape index (κ1) is 12.6. The lowest BCUT2D eigenvalue weighted by molar-refractivity contribution is 0.169. The summed E-state index contributed by atoms with van der Waals surface area (Å²) in [4.78, 5) is 0. The van der Waals surface area contributed by atoms with Crippen molar-refractivity contribution in [2.75, 3.05) is 11.7 Å². The highest BCUT2D eigenvalue weighted by Gasteiger charge is 1.95. The van der Waals surface area contributed by atoms with Gasteiger partial charge >= 0.3 is 0 Å². The number of hydrogen-bond donors (Lipinski definition) is 1. The van der Waals surface area contributed by atoms with Crippen LogP contribution in [0.25, 0.3) is 0 Å². The van der Waals surface area contributed by atoms with E-state index in [1.807, 2.05) is 25.1 Å². The SMILES string of the molecule is CC(N)CCSCOCc1ccccc1. The number of hydrogen-bond acceptors (Lipinski definition) is 3. The molecule has 0 heterocycles. The topological polar surface area (TPSA) is 35.2 Å². The largest absolute Gasteiger partial charge is 0.366 e. The number of nitrogens with two attached hydrogens (primary N) is 1. The first-order chi connectivity index (χ1) is 7.29. The Balaban J connectivity index is 1.98. The van der Waals surface area contributed by atoms with Crippen LogP contribution in [0.5, 0.6) is 0 Å². The Bertz CT molecular complexity index is 251. The van der Waals surface area contributed by atoms with E-state index in [1.165, 1.54) is 5.56 Å². The second-order valence-electron chi connectivity index (χ2n) is 3.63. The van der Waals surface area contributed by atoms with Crippen LogP contribution in [-0.2, 0) is 11.3 Å². The Labute approximate surface area is 96.2 Å². The summed E-state index contributed by atoms with van der Waals surface area (Å²) in [6, 6.07) is 10.5. The zero-order valence-corrected chi connectivity index (χ0v) is 10.0. The molecule has 15 heavy (non-hydrogen) atoms. The van der Waals surface area contributed by atoms with Crippen LogP contribution < -0.4 is 5.73 Å². The monoisotopic (exact) mass is 225 g/mol. The average Bonchev–Trinajstić information content (AvgIpc) is 2.24. The first-order valence-corrected chi connectivity index (χ1v) is 6.39. The molecule has 3 heteroatoms. The maximum Gasteiger partial charge on any atom is 0.0925 e. The van der Waals surface area contributed by atoms with E-state index < -0.39 is 0 Å². The summed E-state index contributed by atoms with van der Waals surface area (Å²) in [7, 11) is 0. The van der Waals surface area contributed by atoms with Crippen molar-refractivity contribution in [3.05, 3.63) is 35.9 Å². The van der Waals surface area contributed by atoms with Gasteiger partial charge in [-0.2, -0.15) is 0 Å². The standard InChI is InChI=1S/C12H19NOS/c1-11(13)7-8-15-10-14-9-12-5-3-2-4-6-12/h2-6,11H,7-10,13H2,1H3. The zero-order chi connectivity index (χ0) is 10.9. The van der Waals surface area contributed by atoms with Gasteiger partial charge in [-0.3, -0.25) is 0 Å². The van der Waals surface area contributed by atoms with E-state index in [1.54, 1.807) is 11.8 Å². The van der Waals surface area contributed by atoms with E-state index in [4.69, 9.17) is 10.5 Å². The molecule has 0 amide bonds. The minimum Gasteiger partial charge on any atom is -0.366 e. The van der Waals surface area contributed by atoms with Crippen molar-refractivity contribution in [1.82, 2.24) is 0 Å². The molecule has 2 N–H and O–H groups in total. The van der Waals surface area contributed by atoms with Gasteiger partial charge in [0, 0.05) is 6.04 Å². The Hall–Kier alpha value is -0.510. The number of benzene rings is 1. The van der Waals surface area contributed by atoms with Gasteiger partial charge in [0.2, 0.25) is 0 Å². The van der Waals surface area contributed by atoms with Gasteiger partial charge in [0.1, 0.15) is 0 Å². The van der Waals surface area contributed by atoms with Gasteiger partial charge in [-0.1, -0.05) is 30.3 Å². The van der Waals surface area contributed by atoms with Crippen LogP contribution in [0.3, 0.4) is 0 Å². The van der Waals surface area contributed by atoms with Gasteiger partial charge < -0.3 is 10.5 Å². The van der Waals surface area contributed by atoms with Crippen molar-refractivity contribution in [2.45, 2.75) is 26.0 Å². The molecule has 0 aliphatic carbocycles. The molecule has 0 aliphatic rings. The van der Waals surface area contributed by atoms with Crippen LogP contribution in [-0.4, -0.2) is 17.7 Å². The molecule has 0 saturated carbocycles. The van der Waals surface area contributed by atoms with Gasteiger partial charge in [0.05, 0.1) is 12.5 Å². The second kappa shape index (κ2) is 7.74. The molecule has 1 atom stereocenters. The average molecular weight is 225 g/mol. The van der Waals surface area contributed by atoms with Crippen LogP contribution in [0.4, 0.5) is 0 Å². The lowest BCUT2D eigenvalue weighted by Crippen LogP contribution is -2.15. The van der Waals surface area contributed by atoms with E-state index >= 15 is 0 Å². The molecule has 84 valence electrons. The molecule has 2 nitrogen and oxygen atoms in total. The lowest BCUT2D eigenvalue weighted by Gasteiger charge is -2.05. The highest BCUT2D eigenvalue weighted by molar-refractivity contribution is 7.99. The van der Waals surface area contributed by atoms with Crippen LogP contribution in [0, 0.1) is 0 Å². The highest BCUT2D eigenvalue weighted by atomic mass is 32.2. The molecule has 1 aromatic rings. The van der Waals surface area contributed by atoms with Gasteiger partial charge in [-0.05, 0) is 24.7 Å². The van der Waals surface area contributed by atoms with Crippen molar-refractivity contribution in [2.24, 2.45) is 5.73 Å². The molecule has 0 saturated heterocycles. The lowest BCUT2D eigenvalue weighted by atomic mass is 10.2. The Morgan fingerprint density at radius 3 is 2.73 bits per heavy atom. The van der Waals surface area contributed by atoms with Crippen molar-refractivity contribution < 1.29 is 4.74 Å². The maximum atomic E-state index is 5.64. The maximum absolute atomic E-state index is 5.64. The molecular weight excluding hydrogens is 206 g/mol. The normalized spacial score (nSPS) is 12.7. The molecule has 0 bridgehead atoms. The van der Waals surface area contributed by atoms with Crippen LogP contribution in [0.15, 0.2) is 30.3 Å². The summed E-state index contributed by atoms with van der Waals surface area (Å²) in [5.74, 6) is 1.83. The molecule has 1 rings (SSSR count). The van der Waals surface area contributed by atoms with E-state index in [-0.39, 0.29) is 0 Å². The molecule has 1 unspecified atom stereocenters. The van der Waals surface area contributed by atoms with Crippen molar-refractivity contribution >= 4 is 11.8 Å². The number of rotatable bonds is 7. The fraction of sp³-hybridized carbons (Fsp3) is 0.500. The predicted molar refractivity (Wildman–Crippen MR) is 66.8 cm³/mol. The van der Waals surface area contributed by atoms with Crippen molar-refractivity contribution in [1.29, 1.82) is 0 Å². The van der Waals surface area contributed by atoms with Crippen molar-refractivity contribution in [3.8, 4) is 0 Å². The van der Waals surface area contributed by atoms with E-state index in [0.717, 1.165) is 18.1 Å². The fourth-order valence-corrected chi connectivity index (χ4v) is 1.98. The minimum absolute atomic E-state index is 0.298. The smallest absolute Gasteiger partial charge is 0.0925 e. The van der Waals surface area contributed by atoms with E-state index in [9.17, 15) is 0 Å². The third kappa shape index (κ3) is 6.55. The Morgan fingerprint density at radius 2 is 2.07 bits per heavy atom. The predicted octanol–water partition coefficient (Wildman–Crippen LogP) is 2.63.